The van der Waals surface area contributed by atoms with E-state index in [2.05, 4.69) is 5.32 Å². The molecule has 0 aliphatic rings. The van der Waals surface area contributed by atoms with Gasteiger partial charge in [-0.3, -0.25) is 4.79 Å². The number of hydrogen-bond donors (Lipinski definition) is 3. The van der Waals surface area contributed by atoms with Gasteiger partial charge >= 0.3 is 11.9 Å². The molecule has 130 valence electrons. The van der Waals surface area contributed by atoms with Crippen LogP contribution in [0.4, 0.5) is 11.4 Å². The average molecular weight is 344 g/mol. The zero-order valence-corrected chi connectivity index (χ0v) is 13.3. The second-order valence-electron chi connectivity index (χ2n) is 4.96. The van der Waals surface area contributed by atoms with Gasteiger partial charge in [-0.1, -0.05) is 0 Å². The summed E-state index contributed by atoms with van der Waals surface area (Å²) < 4.78 is 9.90. The zero-order valence-electron chi connectivity index (χ0n) is 13.3. The van der Waals surface area contributed by atoms with Gasteiger partial charge in [0.2, 0.25) is 0 Å². The van der Waals surface area contributed by atoms with E-state index in [1.807, 2.05) is 0 Å². The monoisotopic (exact) mass is 344 g/mol. The number of benzene rings is 2. The van der Waals surface area contributed by atoms with Gasteiger partial charge in [-0.15, -0.1) is 0 Å². The van der Waals surface area contributed by atoms with Crippen molar-refractivity contribution in [2.75, 3.05) is 24.8 Å². The van der Waals surface area contributed by atoms with E-state index in [4.69, 9.17) is 20.3 Å². The highest BCUT2D eigenvalue weighted by Gasteiger charge is 2.12. The molecule has 2 rings (SSSR count). The lowest BCUT2D eigenvalue weighted by Crippen LogP contribution is -2.21. The van der Waals surface area contributed by atoms with Crippen molar-refractivity contribution in [1.82, 2.24) is 0 Å². The number of nitrogens with two attached hydrogens (primary N) is 1. The van der Waals surface area contributed by atoms with E-state index >= 15 is 0 Å². The van der Waals surface area contributed by atoms with Crippen molar-refractivity contribution in [3.05, 3.63) is 53.6 Å². The summed E-state index contributed by atoms with van der Waals surface area (Å²) >= 11 is 0. The van der Waals surface area contributed by atoms with Gasteiger partial charge in [0.25, 0.3) is 5.91 Å². The smallest absolute Gasteiger partial charge is 0.338 e. The van der Waals surface area contributed by atoms with Crippen LogP contribution in [0, 0.1) is 0 Å². The van der Waals surface area contributed by atoms with Gasteiger partial charge in [-0.25, -0.2) is 9.59 Å². The lowest BCUT2D eigenvalue weighted by atomic mass is 10.2. The summed E-state index contributed by atoms with van der Waals surface area (Å²) in [6.45, 7) is -0.495. The number of amides is 1. The molecule has 2 aromatic rings. The van der Waals surface area contributed by atoms with Crippen molar-refractivity contribution >= 4 is 29.2 Å². The predicted molar refractivity (Wildman–Crippen MR) is 89.7 cm³/mol. The minimum atomic E-state index is -1.06. The molecule has 2 aromatic carbocycles. The number of aromatic carboxylic acids is 1. The molecule has 0 bridgehead atoms. The van der Waals surface area contributed by atoms with Crippen LogP contribution in [-0.4, -0.2) is 36.7 Å². The number of ether oxygens (including phenoxy) is 2. The van der Waals surface area contributed by atoms with Crippen LogP contribution in [0.1, 0.15) is 20.7 Å². The number of nitrogens with one attached hydrogen (secondary N) is 1. The number of rotatable bonds is 6. The topological polar surface area (TPSA) is 128 Å². The van der Waals surface area contributed by atoms with Crippen LogP contribution in [0.15, 0.2) is 42.5 Å². The Hall–Kier alpha value is -3.55. The van der Waals surface area contributed by atoms with E-state index in [9.17, 15) is 14.4 Å². The Bertz CT molecular complexity index is 801. The molecule has 8 nitrogen and oxygen atoms in total. The summed E-state index contributed by atoms with van der Waals surface area (Å²) in [6, 6.07) is 9.97. The first-order valence-electron chi connectivity index (χ1n) is 7.14. The molecule has 0 saturated carbocycles. The Balaban J connectivity index is 1.89. The fraction of sp³-hybridized carbons (Fsp3) is 0.118. The van der Waals surface area contributed by atoms with Crippen LogP contribution in [-0.2, 0) is 9.53 Å². The molecular weight excluding hydrogens is 328 g/mol. The van der Waals surface area contributed by atoms with E-state index in [0.717, 1.165) is 0 Å². The van der Waals surface area contributed by atoms with Gasteiger partial charge < -0.3 is 25.6 Å². The molecule has 0 heterocycles. The fourth-order valence-electron chi connectivity index (χ4n) is 1.97. The van der Waals surface area contributed by atoms with Gasteiger partial charge in [-0.05, 0) is 42.5 Å². The van der Waals surface area contributed by atoms with Crippen LogP contribution in [0.2, 0.25) is 0 Å². The second kappa shape index (κ2) is 7.82. The number of esters is 1. The van der Waals surface area contributed by atoms with Crippen molar-refractivity contribution < 1.29 is 29.0 Å². The summed E-state index contributed by atoms with van der Waals surface area (Å²) in [4.78, 5) is 34.4. The summed E-state index contributed by atoms with van der Waals surface area (Å²) in [5.74, 6) is -1.90. The number of carbonyl (C=O) groups excluding carboxylic acids is 2. The largest absolute Gasteiger partial charge is 0.495 e. The first kappa shape index (κ1) is 17.8. The third-order valence-electron chi connectivity index (χ3n) is 3.22. The summed E-state index contributed by atoms with van der Waals surface area (Å²) in [5, 5.41) is 11.3. The maximum absolute atomic E-state index is 11.9. The van der Waals surface area contributed by atoms with Gasteiger partial charge in [0, 0.05) is 5.69 Å². The first-order chi connectivity index (χ1) is 11.9. The molecular formula is C17H16N2O6. The van der Waals surface area contributed by atoms with E-state index < -0.39 is 24.5 Å². The van der Waals surface area contributed by atoms with Gasteiger partial charge in [0.1, 0.15) is 5.75 Å². The Morgan fingerprint density at radius 2 is 1.72 bits per heavy atom. The van der Waals surface area contributed by atoms with Gasteiger partial charge in [0.05, 0.1) is 23.9 Å². The molecule has 0 radical (unpaired) electrons. The van der Waals surface area contributed by atoms with Crippen LogP contribution in [0.5, 0.6) is 5.75 Å². The highest BCUT2D eigenvalue weighted by molar-refractivity contribution is 5.96. The number of carboxylic acid groups (broad SMARTS) is 1. The standard InChI is InChI=1S/C17H16N2O6/c1-24-14-7-4-11(8-13(14)18)17(23)25-9-15(20)19-12-5-2-10(3-6-12)16(21)22/h2-8H,9,18H2,1H3,(H,19,20)(H,21,22). The normalized spacial score (nSPS) is 9.96. The van der Waals surface area contributed by atoms with Crippen molar-refractivity contribution in [3.63, 3.8) is 0 Å². The fourth-order valence-corrected chi connectivity index (χ4v) is 1.97. The molecule has 0 atom stereocenters. The molecule has 0 spiro atoms. The van der Waals surface area contributed by atoms with Crippen molar-refractivity contribution in [1.29, 1.82) is 0 Å². The number of anilines is 2. The van der Waals surface area contributed by atoms with Crippen molar-refractivity contribution in [2.24, 2.45) is 0 Å². The lowest BCUT2D eigenvalue weighted by Gasteiger charge is -2.08. The minimum absolute atomic E-state index is 0.0986. The summed E-state index contributed by atoms with van der Waals surface area (Å²) in [5.41, 5.74) is 6.66. The highest BCUT2D eigenvalue weighted by Crippen LogP contribution is 2.22. The number of methoxy groups -OCH3 is 1. The summed E-state index contributed by atoms with van der Waals surface area (Å²) in [6.07, 6.45) is 0. The third kappa shape index (κ3) is 4.71. The highest BCUT2D eigenvalue weighted by atomic mass is 16.5. The Morgan fingerprint density at radius 3 is 2.28 bits per heavy atom. The number of carboxylic acids is 1. The molecule has 1 amide bonds. The minimum Gasteiger partial charge on any atom is -0.495 e. The average Bonchev–Trinajstić information content (AvgIpc) is 2.60. The Labute approximate surface area is 143 Å². The van der Waals surface area contributed by atoms with E-state index in [-0.39, 0.29) is 16.8 Å². The molecule has 0 aliphatic heterocycles. The van der Waals surface area contributed by atoms with Gasteiger partial charge in [0.15, 0.2) is 6.61 Å². The van der Waals surface area contributed by atoms with Crippen LogP contribution in [0.25, 0.3) is 0 Å². The number of hydrogen-bond acceptors (Lipinski definition) is 6. The molecule has 0 aromatic heterocycles. The SMILES string of the molecule is COc1ccc(C(=O)OCC(=O)Nc2ccc(C(=O)O)cc2)cc1N. The van der Waals surface area contributed by atoms with Crippen LogP contribution >= 0.6 is 0 Å². The number of nitrogen functional groups attached to an aromatic ring is 1. The molecule has 0 unspecified atom stereocenters. The third-order valence-corrected chi connectivity index (χ3v) is 3.22. The Kier molecular flexibility index (Phi) is 5.57. The number of carbonyl (C=O) groups is 3. The van der Waals surface area contributed by atoms with E-state index in [0.29, 0.717) is 11.4 Å². The van der Waals surface area contributed by atoms with E-state index in [1.54, 1.807) is 0 Å². The summed E-state index contributed by atoms with van der Waals surface area (Å²) in [7, 11) is 1.46. The second-order valence-corrected chi connectivity index (χ2v) is 4.96. The molecule has 0 aliphatic carbocycles. The lowest BCUT2D eigenvalue weighted by molar-refractivity contribution is -0.119. The predicted octanol–water partition coefficient (Wildman–Crippen LogP) is 1.77. The van der Waals surface area contributed by atoms with Crippen LogP contribution in [0.3, 0.4) is 0 Å². The molecule has 25 heavy (non-hydrogen) atoms. The molecule has 8 heteroatoms. The quantitative estimate of drug-likeness (QED) is 0.538. The molecule has 0 fully saturated rings. The molecule has 4 N–H and O–H groups in total. The first-order valence-corrected chi connectivity index (χ1v) is 7.14. The van der Waals surface area contributed by atoms with E-state index in [1.165, 1.54) is 49.6 Å². The zero-order chi connectivity index (χ0) is 18.4. The maximum atomic E-state index is 11.9. The maximum Gasteiger partial charge on any atom is 0.338 e. The Morgan fingerprint density at radius 1 is 1.08 bits per heavy atom. The van der Waals surface area contributed by atoms with Crippen LogP contribution < -0.4 is 15.8 Å². The van der Waals surface area contributed by atoms with Crippen molar-refractivity contribution in [3.8, 4) is 5.75 Å². The van der Waals surface area contributed by atoms with Crippen molar-refractivity contribution in [2.45, 2.75) is 0 Å². The molecule has 0 saturated heterocycles. The van der Waals surface area contributed by atoms with Gasteiger partial charge in [-0.2, -0.15) is 0 Å².